The fourth-order valence-electron chi connectivity index (χ4n) is 3.84. The van der Waals surface area contributed by atoms with Crippen LogP contribution in [0.4, 0.5) is 0 Å². The number of hydrogen-bond donors (Lipinski definition) is 0. The summed E-state index contributed by atoms with van der Waals surface area (Å²) in [7, 11) is 0.881. The van der Waals surface area contributed by atoms with Crippen molar-refractivity contribution in [1.82, 2.24) is 9.21 Å². The van der Waals surface area contributed by atoms with Crippen molar-refractivity contribution in [1.29, 1.82) is 0 Å². The minimum absolute atomic E-state index is 0.162. The van der Waals surface area contributed by atoms with Crippen LogP contribution in [0, 0.1) is 0 Å². The average Bonchev–Trinajstić information content (AvgIpc) is 3.44. The quantitative estimate of drug-likeness (QED) is 0.267. The van der Waals surface area contributed by atoms with Gasteiger partial charge in [0.1, 0.15) is 0 Å². The summed E-state index contributed by atoms with van der Waals surface area (Å²) in [6.07, 6.45) is 1.05. The first-order valence-corrected chi connectivity index (χ1v) is 14.3. The number of nitrogens with zero attached hydrogens (tertiary/aromatic N) is 2. The van der Waals surface area contributed by atoms with Crippen molar-refractivity contribution >= 4 is 27.3 Å². The van der Waals surface area contributed by atoms with Crippen molar-refractivity contribution in [3.63, 3.8) is 0 Å². The standard InChI is InChI=1S/C27H34N2O6S2/c1-33-17-8-15-29(37(31,32)24-10-5-4-6-11-24)21-27(30)28(20-23-9-7-18-36-23)16-14-22-12-13-25(34-2)26(19-22)35-3/h4-7,9-13,18-19H,8,14-17,20-21H2,1-3H3. The maximum Gasteiger partial charge on any atom is 0.243 e. The topological polar surface area (TPSA) is 85.4 Å². The fraction of sp³-hybridized carbons (Fsp3) is 0.370. The molecule has 0 spiro atoms. The number of hydrogen-bond acceptors (Lipinski definition) is 7. The molecule has 0 saturated carbocycles. The highest BCUT2D eigenvalue weighted by molar-refractivity contribution is 7.89. The van der Waals surface area contributed by atoms with Crippen LogP contribution in [0.25, 0.3) is 0 Å². The lowest BCUT2D eigenvalue weighted by Gasteiger charge is -2.27. The first-order chi connectivity index (χ1) is 17.9. The number of rotatable bonds is 15. The van der Waals surface area contributed by atoms with E-state index < -0.39 is 10.0 Å². The van der Waals surface area contributed by atoms with E-state index in [4.69, 9.17) is 14.2 Å². The summed E-state index contributed by atoms with van der Waals surface area (Å²) < 4.78 is 43.9. The molecular formula is C27H34N2O6S2. The van der Waals surface area contributed by atoms with E-state index >= 15 is 0 Å². The van der Waals surface area contributed by atoms with Crippen molar-refractivity contribution in [2.75, 3.05) is 47.6 Å². The number of benzene rings is 2. The molecule has 0 fully saturated rings. The molecule has 2 aromatic carbocycles. The third-order valence-corrected chi connectivity index (χ3v) is 8.57. The lowest BCUT2D eigenvalue weighted by Crippen LogP contribution is -2.43. The van der Waals surface area contributed by atoms with Crippen LogP contribution in [-0.4, -0.2) is 71.1 Å². The van der Waals surface area contributed by atoms with E-state index in [0.717, 1.165) is 10.4 Å². The second-order valence-corrected chi connectivity index (χ2v) is 11.3. The van der Waals surface area contributed by atoms with Crippen LogP contribution in [-0.2, 0) is 32.5 Å². The molecule has 10 heteroatoms. The first kappa shape index (κ1) is 28.6. The Labute approximate surface area is 223 Å². The van der Waals surface area contributed by atoms with Crippen LogP contribution in [0.2, 0.25) is 0 Å². The highest BCUT2D eigenvalue weighted by Gasteiger charge is 2.28. The summed E-state index contributed by atoms with van der Waals surface area (Å²) in [6, 6.07) is 17.8. The number of carbonyl (C=O) groups excluding carboxylic acids is 1. The zero-order valence-corrected chi connectivity index (χ0v) is 23.1. The number of methoxy groups -OCH3 is 3. The molecule has 0 atom stereocenters. The minimum atomic E-state index is -3.85. The molecule has 3 rings (SSSR count). The number of thiophene rings is 1. The summed E-state index contributed by atoms with van der Waals surface area (Å²) in [6.45, 7) is 1.15. The van der Waals surface area contributed by atoms with Gasteiger partial charge in [-0.25, -0.2) is 8.42 Å². The van der Waals surface area contributed by atoms with Gasteiger partial charge >= 0.3 is 0 Å². The maximum absolute atomic E-state index is 13.6. The molecule has 0 bridgehead atoms. The molecule has 0 radical (unpaired) electrons. The van der Waals surface area contributed by atoms with E-state index in [9.17, 15) is 13.2 Å². The van der Waals surface area contributed by atoms with E-state index in [1.807, 2.05) is 35.7 Å². The maximum atomic E-state index is 13.6. The highest BCUT2D eigenvalue weighted by atomic mass is 32.2. The third kappa shape index (κ3) is 8.03. The normalized spacial score (nSPS) is 11.5. The zero-order valence-electron chi connectivity index (χ0n) is 21.5. The summed E-state index contributed by atoms with van der Waals surface area (Å²) in [5.41, 5.74) is 0.982. The molecule has 37 heavy (non-hydrogen) atoms. The first-order valence-electron chi connectivity index (χ1n) is 11.9. The Balaban J connectivity index is 1.81. The molecule has 200 valence electrons. The molecule has 0 aliphatic carbocycles. The Hall–Kier alpha value is -2.92. The van der Waals surface area contributed by atoms with E-state index in [0.29, 0.717) is 44.0 Å². The summed E-state index contributed by atoms with van der Waals surface area (Å²) in [4.78, 5) is 16.5. The van der Waals surface area contributed by atoms with Gasteiger partial charge in [-0.1, -0.05) is 30.3 Å². The highest BCUT2D eigenvalue weighted by Crippen LogP contribution is 2.28. The molecule has 1 heterocycles. The molecule has 0 N–H and O–H groups in total. The number of ether oxygens (including phenoxy) is 3. The summed E-state index contributed by atoms with van der Waals surface area (Å²) in [5.74, 6) is 0.996. The van der Waals surface area contributed by atoms with Crippen LogP contribution < -0.4 is 9.47 Å². The molecule has 0 unspecified atom stereocenters. The Morgan fingerprint density at radius 1 is 0.919 bits per heavy atom. The van der Waals surface area contributed by atoms with Gasteiger partial charge in [0.2, 0.25) is 15.9 Å². The van der Waals surface area contributed by atoms with E-state index in [2.05, 4.69) is 0 Å². The molecule has 0 saturated heterocycles. The predicted molar refractivity (Wildman–Crippen MR) is 145 cm³/mol. The van der Waals surface area contributed by atoms with Crippen molar-refractivity contribution < 1.29 is 27.4 Å². The lowest BCUT2D eigenvalue weighted by molar-refractivity contribution is -0.132. The fourth-order valence-corrected chi connectivity index (χ4v) is 6.01. The molecule has 8 nitrogen and oxygen atoms in total. The van der Waals surface area contributed by atoms with Gasteiger partial charge in [0.15, 0.2) is 11.5 Å². The second-order valence-electron chi connectivity index (χ2n) is 8.33. The molecule has 3 aromatic rings. The largest absolute Gasteiger partial charge is 0.493 e. The Morgan fingerprint density at radius 3 is 2.32 bits per heavy atom. The van der Waals surface area contributed by atoms with Crippen LogP contribution in [0.5, 0.6) is 11.5 Å². The molecule has 1 aromatic heterocycles. The molecule has 0 aliphatic rings. The van der Waals surface area contributed by atoms with Crippen LogP contribution in [0.15, 0.2) is 70.9 Å². The van der Waals surface area contributed by atoms with Gasteiger partial charge in [-0.15, -0.1) is 11.3 Å². The minimum Gasteiger partial charge on any atom is -0.493 e. The lowest BCUT2D eigenvalue weighted by atomic mass is 10.1. The van der Waals surface area contributed by atoms with Crippen LogP contribution in [0.3, 0.4) is 0 Å². The molecule has 1 amide bonds. The van der Waals surface area contributed by atoms with Gasteiger partial charge in [0, 0.05) is 31.7 Å². The van der Waals surface area contributed by atoms with Crippen molar-refractivity contribution in [2.45, 2.75) is 24.3 Å². The Kier molecular flexibility index (Phi) is 10.9. The molecular weight excluding hydrogens is 512 g/mol. The van der Waals surface area contributed by atoms with Gasteiger partial charge in [-0.05, 0) is 54.1 Å². The molecule has 0 aliphatic heterocycles. The number of amides is 1. The van der Waals surface area contributed by atoms with Crippen molar-refractivity contribution in [2.24, 2.45) is 0 Å². The Bertz CT molecular complexity index is 1220. The van der Waals surface area contributed by atoms with Gasteiger partial charge in [0.25, 0.3) is 0 Å². The zero-order chi connectivity index (χ0) is 26.7. The van der Waals surface area contributed by atoms with Crippen molar-refractivity contribution in [3.8, 4) is 11.5 Å². The second kappa shape index (κ2) is 14.1. The Morgan fingerprint density at radius 2 is 1.68 bits per heavy atom. The smallest absolute Gasteiger partial charge is 0.243 e. The SMILES string of the molecule is COCCCN(CC(=O)N(CCc1ccc(OC)c(OC)c1)Cc1cccs1)S(=O)(=O)c1ccccc1. The third-order valence-electron chi connectivity index (χ3n) is 5.85. The summed E-state index contributed by atoms with van der Waals surface area (Å²) >= 11 is 1.56. The van der Waals surface area contributed by atoms with E-state index in [1.54, 1.807) is 67.9 Å². The van der Waals surface area contributed by atoms with E-state index in [1.165, 1.54) is 4.31 Å². The van der Waals surface area contributed by atoms with Gasteiger partial charge in [-0.3, -0.25) is 4.79 Å². The van der Waals surface area contributed by atoms with Gasteiger partial charge in [-0.2, -0.15) is 4.31 Å². The summed E-state index contributed by atoms with van der Waals surface area (Å²) in [5, 5.41) is 1.96. The van der Waals surface area contributed by atoms with Crippen LogP contribution in [0.1, 0.15) is 16.9 Å². The number of carbonyl (C=O) groups is 1. The van der Waals surface area contributed by atoms with Crippen LogP contribution >= 0.6 is 11.3 Å². The number of sulfonamides is 1. The van der Waals surface area contributed by atoms with Crippen molar-refractivity contribution in [3.05, 3.63) is 76.5 Å². The predicted octanol–water partition coefficient (Wildman–Crippen LogP) is 4.06. The van der Waals surface area contributed by atoms with Gasteiger partial charge in [0.05, 0.1) is 32.2 Å². The monoisotopic (exact) mass is 546 g/mol. The van der Waals surface area contributed by atoms with Gasteiger partial charge < -0.3 is 19.1 Å². The van der Waals surface area contributed by atoms with E-state index in [-0.39, 0.29) is 23.9 Å². The average molecular weight is 547 g/mol.